The molecule has 3 aromatic rings. The summed E-state index contributed by atoms with van der Waals surface area (Å²) >= 11 is 7.40. The number of amides is 2. The molecule has 0 aliphatic heterocycles. The second-order valence-electron chi connectivity index (χ2n) is 5.74. The van der Waals surface area contributed by atoms with Crippen LogP contribution in [0.2, 0.25) is 5.02 Å². The van der Waals surface area contributed by atoms with Crippen LogP contribution in [0.3, 0.4) is 0 Å². The van der Waals surface area contributed by atoms with Gasteiger partial charge in [-0.15, -0.1) is 11.3 Å². The number of halogens is 1. The summed E-state index contributed by atoms with van der Waals surface area (Å²) < 4.78 is 1.08. The Bertz CT molecular complexity index is 926. The first-order valence-corrected chi connectivity index (χ1v) is 9.16. The Morgan fingerprint density at radius 3 is 2.81 bits per heavy atom. The molecule has 0 aliphatic rings. The molecule has 0 unspecified atom stereocenters. The van der Waals surface area contributed by atoms with Crippen molar-refractivity contribution in [2.45, 2.75) is 13.0 Å². The van der Waals surface area contributed by atoms with Crippen LogP contribution in [-0.4, -0.2) is 40.3 Å². The molecule has 2 heterocycles. The maximum Gasteiger partial charge on any atom is 0.270 e. The van der Waals surface area contributed by atoms with Gasteiger partial charge in [0.15, 0.2) is 0 Å². The van der Waals surface area contributed by atoms with E-state index in [9.17, 15) is 9.59 Å². The Morgan fingerprint density at radius 1 is 1.31 bits per heavy atom. The quantitative estimate of drug-likeness (QED) is 0.727. The predicted molar refractivity (Wildman–Crippen MR) is 102 cm³/mol. The summed E-state index contributed by atoms with van der Waals surface area (Å²) in [5.41, 5.74) is 1.09. The number of benzene rings is 1. The van der Waals surface area contributed by atoms with Gasteiger partial charge in [0.1, 0.15) is 10.7 Å². The van der Waals surface area contributed by atoms with E-state index in [1.165, 1.54) is 12.3 Å². The molecule has 0 aliphatic carbocycles. The van der Waals surface area contributed by atoms with Gasteiger partial charge >= 0.3 is 0 Å². The number of nitrogens with one attached hydrogen (secondary N) is 1. The van der Waals surface area contributed by atoms with Crippen molar-refractivity contribution < 1.29 is 9.59 Å². The highest BCUT2D eigenvalue weighted by Crippen LogP contribution is 2.28. The number of hydrogen-bond acceptors (Lipinski definition) is 5. The largest absolute Gasteiger partial charge is 0.342 e. The zero-order valence-electron chi connectivity index (χ0n) is 14.3. The Kier molecular flexibility index (Phi) is 5.49. The van der Waals surface area contributed by atoms with E-state index >= 15 is 0 Å². The van der Waals surface area contributed by atoms with Gasteiger partial charge in [0.2, 0.25) is 5.91 Å². The number of carbonyl (C=O) groups excluding carboxylic acids is 2. The number of nitrogens with zero attached hydrogens (tertiary/aromatic N) is 3. The molecule has 1 N–H and O–H groups in total. The first-order valence-electron chi connectivity index (χ1n) is 7.96. The van der Waals surface area contributed by atoms with Crippen LogP contribution in [0.25, 0.3) is 10.2 Å². The van der Waals surface area contributed by atoms with E-state index in [-0.39, 0.29) is 24.2 Å². The average Bonchev–Trinajstić information content (AvgIpc) is 3.08. The summed E-state index contributed by atoms with van der Waals surface area (Å²) in [6.45, 7) is 1.79. The SMILES string of the molecule is C[C@@H](c1nc2ccccc2s1)N(C)C(=O)CNC(=O)c1cc(Cl)ccn1. The second kappa shape index (κ2) is 7.80. The summed E-state index contributed by atoms with van der Waals surface area (Å²) in [5, 5.41) is 3.84. The predicted octanol–water partition coefficient (Wildman–Crippen LogP) is 3.29. The van der Waals surface area contributed by atoms with Gasteiger partial charge in [-0.3, -0.25) is 14.6 Å². The molecule has 0 saturated heterocycles. The smallest absolute Gasteiger partial charge is 0.270 e. The third-order valence-electron chi connectivity index (χ3n) is 4.00. The molecular formula is C18H17ClN4O2S. The summed E-state index contributed by atoms with van der Waals surface area (Å²) in [6, 6.07) is 10.7. The highest BCUT2D eigenvalue weighted by Gasteiger charge is 2.21. The summed E-state index contributed by atoms with van der Waals surface area (Å²) in [7, 11) is 1.70. The molecule has 26 heavy (non-hydrogen) atoms. The van der Waals surface area contributed by atoms with Crippen LogP contribution in [0.15, 0.2) is 42.6 Å². The molecule has 6 nitrogen and oxygen atoms in total. The van der Waals surface area contributed by atoms with Crippen LogP contribution in [0.5, 0.6) is 0 Å². The highest BCUT2D eigenvalue weighted by atomic mass is 35.5. The minimum atomic E-state index is -0.443. The Hall–Kier alpha value is -2.51. The van der Waals surface area contributed by atoms with Gasteiger partial charge in [-0.2, -0.15) is 0 Å². The maximum atomic E-state index is 12.4. The monoisotopic (exact) mass is 388 g/mol. The number of para-hydroxylation sites is 1. The summed E-state index contributed by atoms with van der Waals surface area (Å²) in [4.78, 5) is 34.6. The molecule has 2 aromatic heterocycles. The van der Waals surface area contributed by atoms with E-state index in [0.29, 0.717) is 5.02 Å². The van der Waals surface area contributed by atoms with Crippen LogP contribution in [0, 0.1) is 0 Å². The van der Waals surface area contributed by atoms with Crippen LogP contribution < -0.4 is 5.32 Å². The molecule has 1 atom stereocenters. The number of aromatic nitrogens is 2. The number of rotatable bonds is 5. The van der Waals surface area contributed by atoms with Crippen LogP contribution in [0.4, 0.5) is 0 Å². The van der Waals surface area contributed by atoms with Crippen molar-refractivity contribution >= 4 is 45.0 Å². The number of likely N-dealkylation sites (N-methyl/N-ethyl adjacent to an activating group) is 1. The molecule has 1 aromatic carbocycles. The van der Waals surface area contributed by atoms with Crippen LogP contribution in [-0.2, 0) is 4.79 Å². The highest BCUT2D eigenvalue weighted by molar-refractivity contribution is 7.18. The molecule has 2 amide bonds. The van der Waals surface area contributed by atoms with Crippen molar-refractivity contribution in [3.63, 3.8) is 0 Å². The summed E-state index contributed by atoms with van der Waals surface area (Å²) in [6.07, 6.45) is 1.44. The zero-order valence-corrected chi connectivity index (χ0v) is 15.8. The van der Waals surface area contributed by atoms with Gasteiger partial charge in [0.05, 0.1) is 22.8 Å². The van der Waals surface area contributed by atoms with E-state index in [1.54, 1.807) is 29.4 Å². The fraction of sp³-hybridized carbons (Fsp3) is 0.222. The fourth-order valence-corrected chi connectivity index (χ4v) is 3.57. The van der Waals surface area contributed by atoms with Gasteiger partial charge in [0, 0.05) is 18.3 Å². The van der Waals surface area contributed by atoms with Crippen molar-refractivity contribution in [1.29, 1.82) is 0 Å². The van der Waals surface area contributed by atoms with Gasteiger partial charge in [-0.1, -0.05) is 23.7 Å². The number of thiazole rings is 1. The number of carbonyl (C=O) groups is 2. The van der Waals surface area contributed by atoms with E-state index in [4.69, 9.17) is 11.6 Å². The Labute approximate surface area is 159 Å². The van der Waals surface area contributed by atoms with E-state index in [2.05, 4.69) is 15.3 Å². The van der Waals surface area contributed by atoms with Crippen molar-refractivity contribution in [3.05, 3.63) is 58.3 Å². The lowest BCUT2D eigenvalue weighted by atomic mass is 10.3. The number of fused-ring (bicyclic) bond motifs is 1. The first-order chi connectivity index (χ1) is 12.5. The molecule has 8 heteroatoms. The average molecular weight is 389 g/mol. The van der Waals surface area contributed by atoms with Crippen LogP contribution >= 0.6 is 22.9 Å². The Morgan fingerprint density at radius 2 is 2.08 bits per heavy atom. The van der Waals surface area contributed by atoms with Crippen molar-refractivity contribution in [2.75, 3.05) is 13.6 Å². The van der Waals surface area contributed by atoms with E-state index < -0.39 is 5.91 Å². The fourth-order valence-electron chi connectivity index (χ4n) is 2.35. The lowest BCUT2D eigenvalue weighted by Gasteiger charge is -2.23. The zero-order chi connectivity index (χ0) is 18.7. The van der Waals surface area contributed by atoms with Crippen molar-refractivity contribution in [3.8, 4) is 0 Å². The summed E-state index contributed by atoms with van der Waals surface area (Å²) in [5.74, 6) is -0.658. The van der Waals surface area contributed by atoms with Gasteiger partial charge < -0.3 is 10.2 Å². The third kappa shape index (κ3) is 4.00. The molecule has 0 fully saturated rings. The van der Waals surface area contributed by atoms with Crippen LogP contribution in [0.1, 0.15) is 28.5 Å². The molecule has 134 valence electrons. The number of pyridine rings is 1. The van der Waals surface area contributed by atoms with E-state index in [1.807, 2.05) is 31.2 Å². The molecular weight excluding hydrogens is 372 g/mol. The van der Waals surface area contributed by atoms with Crippen molar-refractivity contribution in [2.24, 2.45) is 0 Å². The minimum Gasteiger partial charge on any atom is -0.342 e. The minimum absolute atomic E-state index is 0.126. The van der Waals surface area contributed by atoms with E-state index in [0.717, 1.165) is 15.2 Å². The molecule has 0 bridgehead atoms. The Balaban J connectivity index is 1.62. The topological polar surface area (TPSA) is 75.2 Å². The molecule has 3 rings (SSSR count). The molecule has 0 radical (unpaired) electrons. The number of hydrogen-bond donors (Lipinski definition) is 1. The molecule has 0 saturated carbocycles. The normalized spacial score (nSPS) is 12.0. The van der Waals surface area contributed by atoms with Gasteiger partial charge in [-0.25, -0.2) is 4.98 Å². The first kappa shape index (κ1) is 18.3. The van der Waals surface area contributed by atoms with Crippen molar-refractivity contribution in [1.82, 2.24) is 20.2 Å². The lowest BCUT2D eigenvalue weighted by Crippen LogP contribution is -2.39. The molecule has 0 spiro atoms. The third-order valence-corrected chi connectivity index (χ3v) is 5.44. The van der Waals surface area contributed by atoms with Gasteiger partial charge in [0.25, 0.3) is 5.91 Å². The van der Waals surface area contributed by atoms with Gasteiger partial charge in [-0.05, 0) is 31.2 Å². The second-order valence-corrected chi connectivity index (χ2v) is 7.24. The lowest BCUT2D eigenvalue weighted by molar-refractivity contribution is -0.130. The standard InChI is InChI=1S/C18H17ClN4O2S/c1-11(18-22-13-5-3-4-6-15(13)26-18)23(2)16(24)10-21-17(25)14-9-12(19)7-8-20-14/h3-9,11H,10H2,1-2H3,(H,21,25)/t11-/m0/s1. The maximum absolute atomic E-state index is 12.4.